The molecule has 0 saturated heterocycles. The van der Waals surface area contributed by atoms with Gasteiger partial charge in [-0.1, -0.05) is 12.1 Å². The Morgan fingerprint density at radius 1 is 1.24 bits per heavy atom. The molecule has 1 amide bonds. The smallest absolute Gasteiger partial charge is 0.418 e. The Kier molecular flexibility index (Phi) is 5.62. The predicted molar refractivity (Wildman–Crippen MR) is 86.4 cm³/mol. The first-order valence-corrected chi connectivity index (χ1v) is 7.50. The van der Waals surface area contributed by atoms with E-state index in [0.29, 0.717) is 16.3 Å². The second kappa shape index (κ2) is 7.51. The monoisotopic (exact) mass is 418 g/mol. The topological polar surface area (TPSA) is 81.5 Å². The van der Waals surface area contributed by atoms with Crippen LogP contribution in [0.2, 0.25) is 0 Å². The third kappa shape index (κ3) is 4.92. The lowest BCUT2D eigenvalue weighted by Crippen LogP contribution is -2.22. The lowest BCUT2D eigenvalue weighted by atomic mass is 10.1. The van der Waals surface area contributed by atoms with Gasteiger partial charge < -0.3 is 10.1 Å². The number of non-ortho nitro benzene ring substituents is 1. The van der Waals surface area contributed by atoms with Crippen molar-refractivity contribution < 1.29 is 27.6 Å². The Balaban J connectivity index is 2.15. The fourth-order valence-corrected chi connectivity index (χ4v) is 2.28. The summed E-state index contributed by atoms with van der Waals surface area (Å²) in [5.41, 5.74) is -2.62. The summed E-state index contributed by atoms with van der Waals surface area (Å²) in [5.74, 6) is -0.493. The van der Waals surface area contributed by atoms with Crippen molar-refractivity contribution in [2.45, 2.75) is 6.18 Å². The molecule has 0 bridgehead atoms. The van der Waals surface area contributed by atoms with Crippen molar-refractivity contribution in [2.24, 2.45) is 0 Å². The number of benzene rings is 2. The number of ether oxygens (including phenoxy) is 1. The minimum Gasteiger partial charge on any atom is -0.483 e. The molecular formula is C15H10BrF3N2O4. The summed E-state index contributed by atoms with van der Waals surface area (Å²) in [5, 5.41) is 12.7. The number of hydrogen-bond acceptors (Lipinski definition) is 4. The number of nitrogens with one attached hydrogen (secondary N) is 1. The molecule has 2 aromatic carbocycles. The molecule has 10 heteroatoms. The van der Waals surface area contributed by atoms with Crippen molar-refractivity contribution >= 4 is 33.2 Å². The molecule has 1 N–H and O–H groups in total. The molecule has 0 unspecified atom stereocenters. The average Bonchev–Trinajstić information content (AvgIpc) is 2.53. The zero-order valence-corrected chi connectivity index (χ0v) is 13.9. The van der Waals surface area contributed by atoms with Crippen molar-refractivity contribution in [3.63, 3.8) is 0 Å². The molecule has 0 aliphatic rings. The minimum absolute atomic E-state index is 0.345. The number of amides is 1. The summed E-state index contributed by atoms with van der Waals surface area (Å²) in [6, 6.07) is 8.70. The van der Waals surface area contributed by atoms with E-state index >= 15 is 0 Å². The standard InChI is InChI=1S/C15H10BrF3N2O4/c16-11-3-1-2-4-13(11)25-8-14(22)20-12-6-5-9(21(23)24)7-10(12)15(17,18)19/h1-7H,8H2,(H,20,22). The van der Waals surface area contributed by atoms with Gasteiger partial charge in [0.25, 0.3) is 11.6 Å². The highest BCUT2D eigenvalue weighted by Gasteiger charge is 2.35. The van der Waals surface area contributed by atoms with Crippen LogP contribution in [0, 0.1) is 10.1 Å². The second-order valence-corrected chi connectivity index (χ2v) is 5.61. The predicted octanol–water partition coefficient (Wildman–Crippen LogP) is 4.39. The molecule has 0 heterocycles. The molecule has 0 atom stereocenters. The van der Waals surface area contributed by atoms with Gasteiger partial charge in [-0.15, -0.1) is 0 Å². The maximum atomic E-state index is 13.0. The van der Waals surface area contributed by atoms with E-state index in [1.807, 2.05) is 0 Å². The number of halogens is 4. The van der Waals surface area contributed by atoms with Crippen LogP contribution in [0.3, 0.4) is 0 Å². The number of carbonyl (C=O) groups excluding carboxylic acids is 1. The Hall–Kier alpha value is -2.62. The number of nitro benzene ring substituents is 1. The molecule has 0 aromatic heterocycles. The minimum atomic E-state index is -4.86. The molecule has 2 aromatic rings. The van der Waals surface area contributed by atoms with E-state index in [1.165, 1.54) is 0 Å². The van der Waals surface area contributed by atoms with E-state index in [9.17, 15) is 28.1 Å². The van der Waals surface area contributed by atoms with Gasteiger partial charge in [0.1, 0.15) is 5.75 Å². The van der Waals surface area contributed by atoms with Crippen molar-refractivity contribution in [2.75, 3.05) is 11.9 Å². The van der Waals surface area contributed by atoms with Crippen LogP contribution < -0.4 is 10.1 Å². The molecule has 0 spiro atoms. The van der Waals surface area contributed by atoms with Gasteiger partial charge in [-0.05, 0) is 34.1 Å². The van der Waals surface area contributed by atoms with Crippen LogP contribution in [0.15, 0.2) is 46.9 Å². The number of nitro groups is 1. The Morgan fingerprint density at radius 3 is 2.52 bits per heavy atom. The summed E-state index contributed by atoms with van der Waals surface area (Å²) < 4.78 is 44.9. The molecule has 0 aliphatic carbocycles. The fourth-order valence-electron chi connectivity index (χ4n) is 1.88. The Morgan fingerprint density at radius 2 is 1.92 bits per heavy atom. The number of rotatable bonds is 5. The molecule has 0 fully saturated rings. The summed E-state index contributed by atoms with van der Waals surface area (Å²) in [6.45, 7) is -0.531. The van der Waals surface area contributed by atoms with Crippen molar-refractivity contribution in [1.29, 1.82) is 0 Å². The zero-order chi connectivity index (χ0) is 18.6. The number of para-hydroxylation sites is 1. The normalized spacial score (nSPS) is 11.0. The molecular weight excluding hydrogens is 409 g/mol. The van der Waals surface area contributed by atoms with Crippen LogP contribution in [0.1, 0.15) is 5.56 Å². The highest BCUT2D eigenvalue weighted by molar-refractivity contribution is 9.10. The van der Waals surface area contributed by atoms with Crippen LogP contribution in [-0.4, -0.2) is 17.4 Å². The molecule has 0 saturated carbocycles. The van der Waals surface area contributed by atoms with Crippen molar-refractivity contribution in [3.05, 3.63) is 62.6 Å². The Labute approximate surface area is 147 Å². The molecule has 132 valence electrons. The fraction of sp³-hybridized carbons (Fsp3) is 0.133. The summed E-state index contributed by atoms with van der Waals surface area (Å²) in [6.07, 6.45) is -4.86. The molecule has 2 rings (SSSR count). The van der Waals surface area contributed by atoms with Gasteiger partial charge in [0, 0.05) is 12.1 Å². The summed E-state index contributed by atoms with van der Waals surface area (Å²) >= 11 is 3.20. The van der Waals surface area contributed by atoms with Crippen LogP contribution in [-0.2, 0) is 11.0 Å². The lowest BCUT2D eigenvalue weighted by molar-refractivity contribution is -0.385. The SMILES string of the molecule is O=C(COc1ccccc1Br)Nc1ccc([N+](=O)[O-])cc1C(F)(F)F. The van der Waals surface area contributed by atoms with Gasteiger partial charge >= 0.3 is 6.18 Å². The average molecular weight is 419 g/mol. The van der Waals surface area contributed by atoms with Gasteiger partial charge in [0.15, 0.2) is 6.61 Å². The Bertz CT molecular complexity index is 812. The van der Waals surface area contributed by atoms with Gasteiger partial charge in [-0.2, -0.15) is 13.2 Å². The quantitative estimate of drug-likeness (QED) is 0.576. The molecule has 25 heavy (non-hydrogen) atoms. The third-order valence-electron chi connectivity index (χ3n) is 2.99. The molecule has 0 radical (unpaired) electrons. The number of hydrogen-bond donors (Lipinski definition) is 1. The number of alkyl halides is 3. The van der Waals surface area contributed by atoms with Crippen molar-refractivity contribution in [3.8, 4) is 5.75 Å². The third-order valence-corrected chi connectivity index (χ3v) is 3.64. The van der Waals surface area contributed by atoms with E-state index in [4.69, 9.17) is 4.74 Å². The maximum Gasteiger partial charge on any atom is 0.418 e. The van der Waals surface area contributed by atoms with E-state index in [1.54, 1.807) is 24.3 Å². The van der Waals surface area contributed by atoms with E-state index in [-0.39, 0.29) is 0 Å². The highest BCUT2D eigenvalue weighted by Crippen LogP contribution is 2.37. The van der Waals surface area contributed by atoms with Crippen LogP contribution >= 0.6 is 15.9 Å². The summed E-state index contributed by atoms with van der Waals surface area (Å²) in [4.78, 5) is 21.5. The summed E-state index contributed by atoms with van der Waals surface area (Å²) in [7, 11) is 0. The van der Waals surface area contributed by atoms with Crippen LogP contribution in [0.25, 0.3) is 0 Å². The van der Waals surface area contributed by atoms with Gasteiger partial charge in [-0.3, -0.25) is 14.9 Å². The van der Waals surface area contributed by atoms with Crippen LogP contribution in [0.4, 0.5) is 24.5 Å². The van der Waals surface area contributed by atoms with E-state index in [0.717, 1.165) is 12.1 Å². The van der Waals surface area contributed by atoms with Crippen LogP contribution in [0.5, 0.6) is 5.75 Å². The largest absolute Gasteiger partial charge is 0.483 e. The maximum absolute atomic E-state index is 13.0. The zero-order valence-electron chi connectivity index (χ0n) is 12.3. The lowest BCUT2D eigenvalue weighted by Gasteiger charge is -2.14. The molecule has 0 aliphatic heterocycles. The first-order chi connectivity index (χ1) is 11.7. The second-order valence-electron chi connectivity index (χ2n) is 4.75. The number of anilines is 1. The number of carbonyl (C=O) groups is 1. The van der Waals surface area contributed by atoms with Gasteiger partial charge in [0.05, 0.1) is 20.6 Å². The van der Waals surface area contributed by atoms with Gasteiger partial charge in [0.2, 0.25) is 0 Å². The van der Waals surface area contributed by atoms with Crippen molar-refractivity contribution in [1.82, 2.24) is 0 Å². The molecule has 6 nitrogen and oxygen atoms in total. The first-order valence-electron chi connectivity index (χ1n) is 6.71. The first kappa shape index (κ1) is 18.7. The van der Waals surface area contributed by atoms with E-state index < -0.39 is 40.6 Å². The van der Waals surface area contributed by atoms with Gasteiger partial charge in [-0.25, -0.2) is 0 Å². The highest BCUT2D eigenvalue weighted by atomic mass is 79.9. The number of nitrogens with zero attached hydrogens (tertiary/aromatic N) is 1. The van der Waals surface area contributed by atoms with E-state index in [2.05, 4.69) is 21.2 Å².